The van der Waals surface area contributed by atoms with E-state index in [9.17, 15) is 13.2 Å². The van der Waals surface area contributed by atoms with E-state index < -0.39 is 10.0 Å². The minimum atomic E-state index is -3.43. The van der Waals surface area contributed by atoms with Crippen LogP contribution in [0.1, 0.15) is 36.9 Å². The summed E-state index contributed by atoms with van der Waals surface area (Å²) in [6.07, 6.45) is 1.83. The van der Waals surface area contributed by atoms with Crippen molar-refractivity contribution in [1.82, 2.24) is 5.32 Å². The van der Waals surface area contributed by atoms with Gasteiger partial charge in [-0.25, -0.2) is 8.42 Å². The quantitative estimate of drug-likeness (QED) is 0.693. The number of hydrogen-bond acceptors (Lipinski definition) is 5. The molecule has 162 valence electrons. The number of rotatable bonds is 8. The first-order valence-corrected chi connectivity index (χ1v) is 11.8. The number of ether oxygens (including phenoxy) is 2. The van der Waals surface area contributed by atoms with E-state index >= 15 is 0 Å². The molecule has 0 saturated carbocycles. The lowest BCUT2D eigenvalue weighted by molar-refractivity contribution is -0.121. The number of aryl methyl sites for hydroxylation is 1. The molecule has 0 unspecified atom stereocenters. The molecule has 0 bridgehead atoms. The standard InChI is InChI=1S/C22H28N2O5S/c1-16-6-4-7-19(14-16)24(30(3,26)27)11-5-8-22(25)23-17(2)18-9-10-20-21(15-18)29-13-12-28-20/h4,6-7,9-10,14-15,17H,5,8,11-13H2,1-3H3,(H,23,25)/t17-/m1/s1. The molecule has 1 heterocycles. The fourth-order valence-electron chi connectivity index (χ4n) is 3.38. The van der Waals surface area contributed by atoms with E-state index in [1.54, 1.807) is 6.07 Å². The monoisotopic (exact) mass is 432 g/mol. The molecule has 1 N–H and O–H groups in total. The van der Waals surface area contributed by atoms with Crippen LogP contribution < -0.4 is 19.1 Å². The van der Waals surface area contributed by atoms with Crippen molar-refractivity contribution in [3.63, 3.8) is 0 Å². The van der Waals surface area contributed by atoms with Crippen molar-refractivity contribution in [2.75, 3.05) is 30.3 Å². The van der Waals surface area contributed by atoms with Gasteiger partial charge in [0.2, 0.25) is 15.9 Å². The first kappa shape index (κ1) is 22.0. The number of benzene rings is 2. The molecule has 1 atom stereocenters. The summed E-state index contributed by atoms with van der Waals surface area (Å²) in [5.74, 6) is 1.26. The highest BCUT2D eigenvalue weighted by Gasteiger charge is 2.19. The molecule has 2 aromatic rings. The number of amides is 1. The summed E-state index contributed by atoms with van der Waals surface area (Å²) in [6.45, 7) is 5.10. The number of carbonyl (C=O) groups is 1. The second kappa shape index (κ2) is 9.38. The van der Waals surface area contributed by atoms with E-state index in [0.29, 0.717) is 36.8 Å². The van der Waals surface area contributed by atoms with Crippen LogP contribution in [0.25, 0.3) is 0 Å². The summed E-state index contributed by atoms with van der Waals surface area (Å²) in [4.78, 5) is 12.4. The van der Waals surface area contributed by atoms with Gasteiger partial charge in [0.1, 0.15) is 13.2 Å². The first-order chi connectivity index (χ1) is 14.2. The summed E-state index contributed by atoms with van der Waals surface area (Å²) < 4.78 is 36.9. The lowest BCUT2D eigenvalue weighted by atomic mass is 10.1. The van der Waals surface area contributed by atoms with E-state index in [2.05, 4.69) is 5.32 Å². The molecule has 0 aromatic heterocycles. The summed E-state index contributed by atoms with van der Waals surface area (Å²) >= 11 is 0. The first-order valence-electron chi connectivity index (χ1n) is 9.97. The highest BCUT2D eigenvalue weighted by atomic mass is 32.2. The van der Waals surface area contributed by atoms with Gasteiger partial charge in [-0.1, -0.05) is 18.2 Å². The van der Waals surface area contributed by atoms with E-state index in [1.807, 2.05) is 50.2 Å². The van der Waals surface area contributed by atoms with Gasteiger partial charge in [-0.3, -0.25) is 9.10 Å². The maximum atomic E-state index is 12.4. The summed E-state index contributed by atoms with van der Waals surface area (Å²) in [5, 5.41) is 2.96. The van der Waals surface area contributed by atoms with Crippen LogP contribution in [-0.2, 0) is 14.8 Å². The summed E-state index contributed by atoms with van der Waals surface area (Å²) in [6, 6.07) is 12.8. The third-order valence-corrected chi connectivity index (χ3v) is 6.09. The number of nitrogens with one attached hydrogen (secondary N) is 1. The van der Waals surface area contributed by atoms with Crippen molar-refractivity contribution in [2.24, 2.45) is 0 Å². The Morgan fingerprint density at radius 2 is 1.87 bits per heavy atom. The van der Waals surface area contributed by atoms with Gasteiger partial charge in [0.15, 0.2) is 11.5 Å². The second-order valence-electron chi connectivity index (χ2n) is 7.47. The van der Waals surface area contributed by atoms with Crippen LogP contribution >= 0.6 is 0 Å². The van der Waals surface area contributed by atoms with Crippen molar-refractivity contribution in [3.05, 3.63) is 53.6 Å². The third kappa shape index (κ3) is 5.66. The van der Waals surface area contributed by atoms with Gasteiger partial charge in [0, 0.05) is 13.0 Å². The molecule has 3 rings (SSSR count). The number of fused-ring (bicyclic) bond motifs is 1. The number of anilines is 1. The van der Waals surface area contributed by atoms with Crippen LogP contribution in [0, 0.1) is 6.92 Å². The fraction of sp³-hybridized carbons (Fsp3) is 0.409. The Kier molecular flexibility index (Phi) is 6.87. The van der Waals surface area contributed by atoms with Crippen molar-refractivity contribution in [3.8, 4) is 11.5 Å². The number of sulfonamides is 1. The number of carbonyl (C=O) groups excluding carboxylic acids is 1. The average molecular weight is 433 g/mol. The predicted molar refractivity (Wildman–Crippen MR) is 117 cm³/mol. The Labute approximate surface area is 178 Å². The van der Waals surface area contributed by atoms with E-state index in [0.717, 1.165) is 11.1 Å². The molecule has 7 nitrogen and oxygen atoms in total. The van der Waals surface area contributed by atoms with E-state index in [-0.39, 0.29) is 24.9 Å². The molecular weight excluding hydrogens is 404 g/mol. The topological polar surface area (TPSA) is 84.9 Å². The smallest absolute Gasteiger partial charge is 0.232 e. The average Bonchev–Trinajstić information content (AvgIpc) is 2.69. The highest BCUT2D eigenvalue weighted by Crippen LogP contribution is 2.32. The minimum absolute atomic E-state index is 0.130. The normalized spacial score (nSPS) is 14.1. The number of hydrogen-bond donors (Lipinski definition) is 1. The Bertz CT molecular complexity index is 1010. The zero-order valence-corrected chi connectivity index (χ0v) is 18.4. The van der Waals surface area contributed by atoms with Crippen molar-refractivity contribution < 1.29 is 22.7 Å². The predicted octanol–water partition coefficient (Wildman–Crippen LogP) is 3.19. The zero-order chi connectivity index (χ0) is 21.7. The molecule has 8 heteroatoms. The summed E-state index contributed by atoms with van der Waals surface area (Å²) in [5.41, 5.74) is 2.51. The van der Waals surface area contributed by atoms with Gasteiger partial charge in [-0.15, -0.1) is 0 Å². The molecule has 30 heavy (non-hydrogen) atoms. The van der Waals surface area contributed by atoms with Crippen LogP contribution in [0.3, 0.4) is 0 Å². The molecule has 1 aliphatic rings. The summed E-state index contributed by atoms with van der Waals surface area (Å²) in [7, 11) is -3.43. The van der Waals surface area contributed by atoms with Crippen molar-refractivity contribution in [2.45, 2.75) is 32.7 Å². The maximum Gasteiger partial charge on any atom is 0.232 e. The lowest BCUT2D eigenvalue weighted by Crippen LogP contribution is -2.32. The van der Waals surface area contributed by atoms with Crippen molar-refractivity contribution >= 4 is 21.6 Å². The lowest BCUT2D eigenvalue weighted by Gasteiger charge is -2.23. The zero-order valence-electron chi connectivity index (χ0n) is 17.6. The fourth-order valence-corrected chi connectivity index (χ4v) is 4.34. The van der Waals surface area contributed by atoms with Gasteiger partial charge in [-0.2, -0.15) is 0 Å². The Morgan fingerprint density at radius 1 is 1.13 bits per heavy atom. The molecular formula is C22H28N2O5S. The van der Waals surface area contributed by atoms with Gasteiger partial charge in [0.25, 0.3) is 0 Å². The molecule has 0 radical (unpaired) electrons. The van der Waals surface area contributed by atoms with Gasteiger partial charge < -0.3 is 14.8 Å². The molecule has 0 saturated heterocycles. The van der Waals surface area contributed by atoms with Gasteiger partial charge in [0.05, 0.1) is 18.0 Å². The maximum absolute atomic E-state index is 12.4. The minimum Gasteiger partial charge on any atom is -0.486 e. The largest absolute Gasteiger partial charge is 0.486 e. The van der Waals surface area contributed by atoms with Crippen LogP contribution in [-0.4, -0.2) is 40.3 Å². The molecule has 1 amide bonds. The van der Waals surface area contributed by atoms with Gasteiger partial charge >= 0.3 is 0 Å². The highest BCUT2D eigenvalue weighted by molar-refractivity contribution is 7.92. The SMILES string of the molecule is Cc1cccc(N(CCCC(=O)N[C@H](C)c2ccc3c(c2)OCCO3)S(C)(=O)=O)c1. The van der Waals surface area contributed by atoms with Crippen LogP contribution in [0.4, 0.5) is 5.69 Å². The van der Waals surface area contributed by atoms with Crippen molar-refractivity contribution in [1.29, 1.82) is 0 Å². The van der Waals surface area contributed by atoms with Crippen LogP contribution in [0.15, 0.2) is 42.5 Å². The van der Waals surface area contributed by atoms with E-state index in [1.165, 1.54) is 10.6 Å². The molecule has 2 aromatic carbocycles. The molecule has 0 aliphatic carbocycles. The molecule has 0 fully saturated rings. The number of nitrogens with zero attached hydrogens (tertiary/aromatic N) is 1. The Balaban J connectivity index is 1.55. The van der Waals surface area contributed by atoms with Gasteiger partial charge in [-0.05, 0) is 55.7 Å². The third-order valence-electron chi connectivity index (χ3n) is 4.90. The molecule has 0 spiro atoms. The van der Waals surface area contributed by atoms with Crippen LogP contribution in [0.2, 0.25) is 0 Å². The van der Waals surface area contributed by atoms with E-state index in [4.69, 9.17) is 9.47 Å². The Morgan fingerprint density at radius 3 is 2.57 bits per heavy atom. The molecule has 1 aliphatic heterocycles. The second-order valence-corrected chi connectivity index (χ2v) is 9.38. The van der Waals surface area contributed by atoms with Crippen LogP contribution in [0.5, 0.6) is 11.5 Å². The Hall–Kier alpha value is -2.74.